The molecule has 2 aromatic rings. The fraction of sp³-hybridized carbons (Fsp3) is 0.300. The van der Waals surface area contributed by atoms with Crippen molar-refractivity contribution < 1.29 is 27.5 Å². The van der Waals surface area contributed by atoms with Crippen LogP contribution in [0.25, 0.3) is 0 Å². The molecule has 1 aliphatic rings. The lowest BCUT2D eigenvalue weighted by Crippen LogP contribution is -2.19. The smallest absolute Gasteiger partial charge is 0.314 e. The van der Waals surface area contributed by atoms with Gasteiger partial charge in [-0.3, -0.25) is 4.79 Å². The van der Waals surface area contributed by atoms with E-state index in [1.54, 1.807) is 6.07 Å². The molecule has 1 N–H and O–H groups in total. The number of hydrogen-bond acceptors (Lipinski definition) is 2. The zero-order valence-corrected chi connectivity index (χ0v) is 17.4. The van der Waals surface area contributed by atoms with Gasteiger partial charge in [-0.15, -0.1) is 11.6 Å². The normalized spacial score (nSPS) is 13.1. The fourth-order valence-corrected chi connectivity index (χ4v) is 2.39. The molecule has 0 unspecified atom stereocenters. The Balaban J connectivity index is 0.000000251. The summed E-state index contributed by atoms with van der Waals surface area (Å²) < 4.78 is 50.4. The molecule has 0 radical (unpaired) electrons. The van der Waals surface area contributed by atoms with Gasteiger partial charge in [0.15, 0.2) is 0 Å². The average Bonchev–Trinajstić information content (AvgIpc) is 3.43. The van der Waals surface area contributed by atoms with Crippen LogP contribution in [0.1, 0.15) is 24.0 Å². The molecule has 0 atom stereocenters. The van der Waals surface area contributed by atoms with Gasteiger partial charge in [0.25, 0.3) is 0 Å². The summed E-state index contributed by atoms with van der Waals surface area (Å²) in [6.07, 6.45) is 0.936. The molecule has 0 saturated heterocycles. The van der Waals surface area contributed by atoms with Crippen LogP contribution >= 0.6 is 27.5 Å². The largest absolute Gasteiger partial charge is 0.481 e. The monoisotopic (exact) mass is 493 g/mol. The molecule has 0 heterocycles. The Bertz CT molecular complexity index is 843. The molecule has 9 heteroatoms. The molecule has 0 spiro atoms. The van der Waals surface area contributed by atoms with Crippen molar-refractivity contribution in [2.45, 2.75) is 24.7 Å². The number of aliphatic carboxylic acids is 1. The number of halogens is 6. The van der Waals surface area contributed by atoms with Crippen LogP contribution in [0.15, 0.2) is 36.4 Å². The lowest BCUT2D eigenvalue weighted by molar-refractivity contribution is -0.140. The van der Waals surface area contributed by atoms with Gasteiger partial charge >= 0.3 is 5.97 Å². The van der Waals surface area contributed by atoms with E-state index in [0.717, 1.165) is 41.7 Å². The first kappa shape index (κ1) is 24.9. The molecular weight excluding hydrogens is 478 g/mol. The van der Waals surface area contributed by atoms with E-state index in [4.69, 9.17) is 22.0 Å². The molecule has 156 valence electrons. The Labute approximate surface area is 179 Å². The van der Waals surface area contributed by atoms with E-state index >= 15 is 0 Å². The number of nitriles is 1. The summed E-state index contributed by atoms with van der Waals surface area (Å²) in [7, 11) is 0. The first-order valence-electron chi connectivity index (χ1n) is 8.32. The van der Waals surface area contributed by atoms with Crippen molar-refractivity contribution in [1.82, 2.24) is 0 Å². The van der Waals surface area contributed by atoms with Gasteiger partial charge in [0.2, 0.25) is 0 Å². The van der Waals surface area contributed by atoms with Gasteiger partial charge in [-0.2, -0.15) is 5.26 Å². The van der Waals surface area contributed by atoms with E-state index in [-0.39, 0.29) is 12.0 Å². The maximum Gasteiger partial charge on any atom is 0.314 e. The van der Waals surface area contributed by atoms with Crippen LogP contribution in [-0.4, -0.2) is 22.3 Å². The lowest BCUT2D eigenvalue weighted by Gasteiger charge is -2.09. The third kappa shape index (κ3) is 8.03. The van der Waals surface area contributed by atoms with Crippen molar-refractivity contribution in [1.29, 1.82) is 5.26 Å². The highest BCUT2D eigenvalue weighted by Crippen LogP contribution is 2.48. The number of hydrogen-bond donors (Lipinski definition) is 1. The second-order valence-electron chi connectivity index (χ2n) is 6.04. The number of carboxylic acid groups (broad SMARTS) is 1. The SMILES string of the molecule is ClCCBr.N#CCc1cc(F)cc(F)c1.O=C(O)C1(c2cc(F)cc(F)c2)CC1. The first-order chi connectivity index (χ1) is 13.7. The Morgan fingerprint density at radius 1 is 1.03 bits per heavy atom. The van der Waals surface area contributed by atoms with Crippen molar-refractivity contribution in [2.75, 3.05) is 11.2 Å². The van der Waals surface area contributed by atoms with Gasteiger partial charge in [0.05, 0.1) is 17.9 Å². The average molecular weight is 495 g/mol. The molecule has 29 heavy (non-hydrogen) atoms. The second kappa shape index (κ2) is 11.8. The topological polar surface area (TPSA) is 61.1 Å². The van der Waals surface area contributed by atoms with Gasteiger partial charge in [0, 0.05) is 23.3 Å². The van der Waals surface area contributed by atoms with Crippen LogP contribution in [0, 0.1) is 34.6 Å². The predicted octanol–water partition coefficient (Wildman–Crippen LogP) is 5.73. The van der Waals surface area contributed by atoms with Gasteiger partial charge in [-0.25, -0.2) is 17.6 Å². The van der Waals surface area contributed by atoms with Crippen molar-refractivity contribution in [3.63, 3.8) is 0 Å². The quantitative estimate of drug-likeness (QED) is 0.436. The molecule has 0 aliphatic heterocycles. The van der Waals surface area contributed by atoms with Crippen LogP contribution < -0.4 is 0 Å². The molecule has 0 amide bonds. The molecule has 1 aliphatic carbocycles. The maximum absolute atomic E-state index is 12.8. The lowest BCUT2D eigenvalue weighted by atomic mass is 9.96. The molecule has 2 aromatic carbocycles. The van der Waals surface area contributed by atoms with Crippen molar-refractivity contribution in [3.05, 3.63) is 70.8 Å². The van der Waals surface area contributed by atoms with E-state index < -0.39 is 34.7 Å². The Morgan fingerprint density at radius 2 is 1.45 bits per heavy atom. The molecule has 3 rings (SSSR count). The number of benzene rings is 2. The Hall–Kier alpha value is -2.11. The highest BCUT2D eigenvalue weighted by Gasteiger charge is 2.52. The van der Waals surface area contributed by atoms with Crippen molar-refractivity contribution in [2.24, 2.45) is 0 Å². The predicted molar refractivity (Wildman–Crippen MR) is 105 cm³/mol. The van der Waals surface area contributed by atoms with Gasteiger partial charge in [-0.1, -0.05) is 15.9 Å². The number of rotatable bonds is 4. The van der Waals surface area contributed by atoms with Crippen molar-refractivity contribution >= 4 is 33.5 Å². The summed E-state index contributed by atoms with van der Waals surface area (Å²) in [5.74, 6) is -3.05. The van der Waals surface area contributed by atoms with Crippen LogP contribution in [0.5, 0.6) is 0 Å². The van der Waals surface area contributed by atoms with Crippen molar-refractivity contribution in [3.8, 4) is 6.07 Å². The minimum atomic E-state index is -1.04. The third-order valence-electron chi connectivity index (χ3n) is 3.85. The first-order valence-corrected chi connectivity index (χ1v) is 9.98. The van der Waals surface area contributed by atoms with E-state index in [1.807, 2.05) is 0 Å². The number of alkyl halides is 2. The summed E-state index contributed by atoms with van der Waals surface area (Å²) >= 11 is 8.26. The van der Waals surface area contributed by atoms with Gasteiger partial charge in [0.1, 0.15) is 23.3 Å². The zero-order valence-electron chi connectivity index (χ0n) is 15.1. The Kier molecular flexibility index (Phi) is 10.1. The Morgan fingerprint density at radius 3 is 1.76 bits per heavy atom. The van der Waals surface area contributed by atoms with E-state index in [9.17, 15) is 22.4 Å². The minimum absolute atomic E-state index is 0.0364. The summed E-state index contributed by atoms with van der Waals surface area (Å²) in [4.78, 5) is 10.9. The van der Waals surface area contributed by atoms with E-state index in [0.29, 0.717) is 24.3 Å². The zero-order chi connectivity index (χ0) is 22.0. The summed E-state index contributed by atoms with van der Waals surface area (Å²) in [6.45, 7) is 0. The van der Waals surface area contributed by atoms with Crippen LogP contribution in [0.2, 0.25) is 0 Å². The molecule has 1 fully saturated rings. The highest BCUT2D eigenvalue weighted by molar-refractivity contribution is 9.09. The van der Waals surface area contributed by atoms with Gasteiger partial charge in [-0.05, 0) is 48.2 Å². The van der Waals surface area contributed by atoms with Crippen LogP contribution in [0.4, 0.5) is 17.6 Å². The standard InChI is InChI=1S/C10H8F2O2.C8H5F2N.C2H4BrCl/c11-7-3-6(4-8(12)5-7)10(1-2-10)9(13)14;9-7-3-6(1-2-11)4-8(10)5-7;3-1-2-4/h3-5H,1-2H2,(H,13,14);3-5H,1H2;1-2H2. The third-order valence-corrected chi connectivity index (χ3v) is 4.89. The minimum Gasteiger partial charge on any atom is -0.481 e. The van der Waals surface area contributed by atoms with Crippen LogP contribution in [-0.2, 0) is 16.6 Å². The van der Waals surface area contributed by atoms with E-state index in [1.165, 1.54) is 0 Å². The molecule has 0 aromatic heterocycles. The number of carboxylic acids is 1. The summed E-state index contributed by atoms with van der Waals surface area (Å²) in [5.41, 5.74) is -0.448. The molecular formula is C20H17BrClF4NO2. The molecule has 1 saturated carbocycles. The summed E-state index contributed by atoms with van der Waals surface area (Å²) in [6, 6.07) is 7.79. The fourth-order valence-electron chi connectivity index (χ4n) is 2.39. The second-order valence-corrected chi connectivity index (χ2v) is 7.21. The maximum atomic E-state index is 12.8. The summed E-state index contributed by atoms with van der Waals surface area (Å²) in [5, 5.41) is 18.0. The molecule has 0 bridgehead atoms. The number of nitrogens with zero attached hydrogens (tertiary/aromatic N) is 1. The van der Waals surface area contributed by atoms with Gasteiger partial charge < -0.3 is 5.11 Å². The van der Waals surface area contributed by atoms with Crippen LogP contribution in [0.3, 0.4) is 0 Å². The van der Waals surface area contributed by atoms with E-state index in [2.05, 4.69) is 15.9 Å². The number of carbonyl (C=O) groups is 1. The highest BCUT2D eigenvalue weighted by atomic mass is 79.9. The molecule has 3 nitrogen and oxygen atoms in total.